The maximum Gasteiger partial charge on any atom is 0.233 e. The lowest BCUT2D eigenvalue weighted by Crippen LogP contribution is -1.97. The highest BCUT2D eigenvalue weighted by Gasteiger charge is 2.18. The molecule has 0 N–H and O–H groups in total. The normalized spacial score (nSPS) is 11.4. The monoisotopic (exact) mass is 439 g/mol. The third-order valence-electron chi connectivity index (χ3n) is 4.42. The number of sulfone groups is 1. The van der Waals surface area contributed by atoms with E-state index >= 15 is 0 Å². The first-order chi connectivity index (χ1) is 14.4. The Labute approximate surface area is 179 Å². The van der Waals surface area contributed by atoms with Gasteiger partial charge in [-0.3, -0.25) is 0 Å². The van der Waals surface area contributed by atoms with Crippen LogP contribution in [0, 0.1) is 0 Å². The summed E-state index contributed by atoms with van der Waals surface area (Å²) in [5, 5.41) is 0.580. The minimum absolute atomic E-state index is 0.127. The van der Waals surface area contributed by atoms with Gasteiger partial charge in [-0.2, -0.15) is 0 Å². The van der Waals surface area contributed by atoms with Crippen molar-refractivity contribution >= 4 is 21.4 Å². The zero-order valence-electron chi connectivity index (χ0n) is 16.1. The van der Waals surface area contributed by atoms with Crippen molar-refractivity contribution in [1.29, 1.82) is 0 Å². The Morgan fingerprint density at radius 2 is 1.67 bits per heavy atom. The molecule has 3 aromatic carbocycles. The molecule has 0 bridgehead atoms. The smallest absolute Gasteiger partial charge is 0.233 e. The highest BCUT2D eigenvalue weighted by atomic mass is 35.5. The van der Waals surface area contributed by atoms with Gasteiger partial charge >= 0.3 is 0 Å². The summed E-state index contributed by atoms with van der Waals surface area (Å²) >= 11 is 6.00. The Morgan fingerprint density at radius 3 is 2.33 bits per heavy atom. The van der Waals surface area contributed by atoms with Crippen LogP contribution in [0.25, 0.3) is 22.6 Å². The van der Waals surface area contributed by atoms with Crippen molar-refractivity contribution in [3.05, 3.63) is 89.8 Å². The van der Waals surface area contributed by atoms with Gasteiger partial charge in [0.2, 0.25) is 5.89 Å². The van der Waals surface area contributed by atoms with Gasteiger partial charge in [0.25, 0.3) is 0 Å². The lowest BCUT2D eigenvalue weighted by atomic mass is 10.1. The Bertz CT molecular complexity index is 1270. The quantitative estimate of drug-likeness (QED) is 0.388. The molecule has 0 radical (unpaired) electrons. The fraction of sp³-hybridized carbons (Fsp3) is 0.0870. The van der Waals surface area contributed by atoms with Crippen LogP contribution >= 0.6 is 11.6 Å². The SMILES string of the molecule is CS(=O)(=O)c1ccc(-c2nc(COc3cccc(Cl)c3)oc2-c2ccccc2)cc1. The van der Waals surface area contributed by atoms with Gasteiger partial charge in [-0.1, -0.05) is 60.1 Å². The molecule has 0 aliphatic rings. The molecule has 5 nitrogen and oxygen atoms in total. The molecule has 0 aliphatic carbocycles. The minimum atomic E-state index is -3.28. The van der Waals surface area contributed by atoms with Crippen LogP contribution in [0.15, 0.2) is 88.2 Å². The van der Waals surface area contributed by atoms with E-state index < -0.39 is 9.84 Å². The van der Waals surface area contributed by atoms with Crippen molar-refractivity contribution in [3.8, 4) is 28.3 Å². The average molecular weight is 440 g/mol. The fourth-order valence-electron chi connectivity index (χ4n) is 2.97. The zero-order valence-corrected chi connectivity index (χ0v) is 17.7. The van der Waals surface area contributed by atoms with Crippen LogP contribution in [0.1, 0.15) is 5.89 Å². The molecule has 1 heterocycles. The number of nitrogens with zero attached hydrogens (tertiary/aromatic N) is 1. The van der Waals surface area contributed by atoms with Crippen molar-refractivity contribution in [1.82, 2.24) is 4.98 Å². The second-order valence-corrected chi connectivity index (χ2v) is 9.15. The summed E-state index contributed by atoms with van der Waals surface area (Å²) < 4.78 is 35.3. The number of hydrogen-bond acceptors (Lipinski definition) is 5. The van der Waals surface area contributed by atoms with Crippen molar-refractivity contribution in [2.75, 3.05) is 6.26 Å². The van der Waals surface area contributed by atoms with E-state index in [1.807, 2.05) is 30.3 Å². The van der Waals surface area contributed by atoms with Gasteiger partial charge in [0, 0.05) is 22.4 Å². The van der Waals surface area contributed by atoms with E-state index in [1.54, 1.807) is 48.5 Å². The van der Waals surface area contributed by atoms with Gasteiger partial charge in [-0.15, -0.1) is 0 Å². The van der Waals surface area contributed by atoms with E-state index in [2.05, 4.69) is 4.98 Å². The first-order valence-corrected chi connectivity index (χ1v) is 11.4. The van der Waals surface area contributed by atoms with E-state index in [-0.39, 0.29) is 11.5 Å². The molecule has 152 valence electrons. The molecule has 0 aliphatic heterocycles. The highest BCUT2D eigenvalue weighted by molar-refractivity contribution is 7.90. The number of rotatable bonds is 6. The van der Waals surface area contributed by atoms with E-state index in [1.165, 1.54) is 6.26 Å². The first kappa shape index (κ1) is 20.2. The molecule has 4 aromatic rings. The second kappa shape index (κ2) is 8.34. The van der Waals surface area contributed by atoms with E-state index in [0.29, 0.717) is 28.1 Å². The van der Waals surface area contributed by atoms with Crippen molar-refractivity contribution < 1.29 is 17.6 Å². The Kier molecular flexibility index (Phi) is 5.61. The Hall–Kier alpha value is -3.09. The van der Waals surface area contributed by atoms with E-state index in [9.17, 15) is 8.42 Å². The van der Waals surface area contributed by atoms with Crippen LogP contribution in [0.3, 0.4) is 0 Å². The topological polar surface area (TPSA) is 69.4 Å². The predicted octanol–water partition coefficient (Wildman–Crippen LogP) is 5.64. The third kappa shape index (κ3) is 4.56. The first-order valence-electron chi connectivity index (χ1n) is 9.14. The van der Waals surface area contributed by atoms with Gasteiger partial charge in [-0.05, 0) is 30.3 Å². The van der Waals surface area contributed by atoms with Gasteiger partial charge < -0.3 is 9.15 Å². The molecule has 0 saturated heterocycles. The largest absolute Gasteiger partial charge is 0.484 e. The van der Waals surface area contributed by atoms with E-state index in [0.717, 1.165) is 11.1 Å². The maximum atomic E-state index is 11.8. The molecule has 1 aromatic heterocycles. The highest BCUT2D eigenvalue weighted by Crippen LogP contribution is 2.33. The van der Waals surface area contributed by atoms with Gasteiger partial charge in [0.1, 0.15) is 11.4 Å². The van der Waals surface area contributed by atoms with Gasteiger partial charge in [0.05, 0.1) is 4.90 Å². The maximum absolute atomic E-state index is 11.8. The molecule has 4 rings (SSSR count). The number of hydrogen-bond donors (Lipinski definition) is 0. The third-order valence-corrected chi connectivity index (χ3v) is 5.79. The fourth-order valence-corrected chi connectivity index (χ4v) is 3.78. The van der Waals surface area contributed by atoms with Crippen molar-refractivity contribution in [2.45, 2.75) is 11.5 Å². The van der Waals surface area contributed by atoms with Crippen LogP contribution in [-0.4, -0.2) is 19.7 Å². The minimum Gasteiger partial charge on any atom is -0.484 e. The van der Waals surface area contributed by atoms with Crippen LogP contribution in [0.2, 0.25) is 5.02 Å². The Morgan fingerprint density at radius 1 is 0.933 bits per heavy atom. The molecule has 0 fully saturated rings. The predicted molar refractivity (Wildman–Crippen MR) is 116 cm³/mol. The summed E-state index contributed by atoms with van der Waals surface area (Å²) in [6.07, 6.45) is 1.18. The number of benzene rings is 3. The van der Waals surface area contributed by atoms with Crippen LogP contribution in [-0.2, 0) is 16.4 Å². The Balaban J connectivity index is 1.69. The molecule has 0 spiro atoms. The van der Waals surface area contributed by atoms with Gasteiger partial charge in [0.15, 0.2) is 22.2 Å². The number of oxazole rings is 1. The molecule has 0 unspecified atom stereocenters. The summed E-state index contributed by atoms with van der Waals surface area (Å²) in [4.78, 5) is 4.86. The summed E-state index contributed by atoms with van der Waals surface area (Å²) in [5.41, 5.74) is 2.23. The molecule has 0 saturated carbocycles. The van der Waals surface area contributed by atoms with Gasteiger partial charge in [-0.25, -0.2) is 13.4 Å². The molecule has 0 amide bonds. The molecular formula is C23H18ClNO4S. The van der Waals surface area contributed by atoms with E-state index in [4.69, 9.17) is 20.8 Å². The molecule has 0 atom stereocenters. The summed E-state index contributed by atoms with van der Waals surface area (Å²) in [5.74, 6) is 1.60. The van der Waals surface area contributed by atoms with Crippen molar-refractivity contribution in [2.24, 2.45) is 0 Å². The lowest BCUT2D eigenvalue weighted by molar-refractivity contribution is 0.264. The second-order valence-electron chi connectivity index (χ2n) is 6.69. The lowest BCUT2D eigenvalue weighted by Gasteiger charge is -2.03. The summed E-state index contributed by atoms with van der Waals surface area (Å²) in [7, 11) is -3.28. The molecule has 7 heteroatoms. The summed E-state index contributed by atoms with van der Waals surface area (Å²) in [6.45, 7) is 0.127. The molecule has 30 heavy (non-hydrogen) atoms. The summed E-state index contributed by atoms with van der Waals surface area (Å²) in [6, 6.07) is 23.3. The standard InChI is InChI=1S/C23H18ClNO4S/c1-30(26,27)20-12-10-16(11-13-20)22-23(17-6-3-2-4-7-17)29-21(25-22)15-28-19-9-5-8-18(24)14-19/h2-14H,15H2,1H3. The van der Waals surface area contributed by atoms with Crippen LogP contribution in [0.5, 0.6) is 5.75 Å². The van der Waals surface area contributed by atoms with Crippen molar-refractivity contribution in [3.63, 3.8) is 0 Å². The van der Waals surface area contributed by atoms with Crippen LogP contribution < -0.4 is 4.74 Å². The van der Waals surface area contributed by atoms with Crippen LogP contribution in [0.4, 0.5) is 0 Å². The number of ether oxygens (including phenoxy) is 1. The molecular weight excluding hydrogens is 422 g/mol. The average Bonchev–Trinajstić information content (AvgIpc) is 3.17. The number of halogens is 1. The zero-order chi connectivity index (χ0) is 21.1. The number of aromatic nitrogens is 1.